The van der Waals surface area contributed by atoms with E-state index in [1.165, 1.54) is 39.0 Å². The SMILES string of the molecule is CC(C)n1ncn(-c2ccc(N3CCN([C@H](C)[C@](O)(Cn4cncn4)c4ccc(F)cc4F)CC3)cn2)c1=O. The Morgan fingerprint density at radius 1 is 1.03 bits per heavy atom. The van der Waals surface area contributed by atoms with Crippen LogP contribution in [0.4, 0.5) is 14.5 Å². The van der Waals surface area contributed by atoms with E-state index in [1.54, 1.807) is 12.3 Å². The van der Waals surface area contributed by atoms with Gasteiger partial charge < -0.3 is 10.0 Å². The topological polar surface area (TPSA) is 110 Å². The van der Waals surface area contributed by atoms with Crippen molar-refractivity contribution in [2.45, 2.75) is 45.0 Å². The van der Waals surface area contributed by atoms with Gasteiger partial charge in [0, 0.05) is 43.9 Å². The van der Waals surface area contributed by atoms with Gasteiger partial charge in [0.15, 0.2) is 0 Å². The molecule has 1 fully saturated rings. The molecule has 0 amide bonds. The summed E-state index contributed by atoms with van der Waals surface area (Å²) in [6.45, 7) is 8.03. The van der Waals surface area contributed by atoms with Crippen molar-refractivity contribution in [1.29, 1.82) is 0 Å². The molecular formula is C26H31F2N9O2. The van der Waals surface area contributed by atoms with Crippen LogP contribution < -0.4 is 10.6 Å². The largest absolute Gasteiger partial charge is 0.381 e. The van der Waals surface area contributed by atoms with Crippen LogP contribution in [0.5, 0.6) is 0 Å². The number of aromatic nitrogens is 7. The van der Waals surface area contributed by atoms with Crippen molar-refractivity contribution in [3.05, 3.63) is 83.2 Å². The van der Waals surface area contributed by atoms with E-state index in [-0.39, 0.29) is 23.8 Å². The molecule has 13 heteroatoms. The molecule has 0 aliphatic carbocycles. The summed E-state index contributed by atoms with van der Waals surface area (Å²) in [4.78, 5) is 25.2. The molecule has 1 saturated heterocycles. The second kappa shape index (κ2) is 10.7. The summed E-state index contributed by atoms with van der Waals surface area (Å²) in [5.74, 6) is -1.03. The van der Waals surface area contributed by atoms with Crippen molar-refractivity contribution in [3.8, 4) is 5.82 Å². The summed E-state index contributed by atoms with van der Waals surface area (Å²) in [5, 5.41) is 20.1. The van der Waals surface area contributed by atoms with Gasteiger partial charge in [-0.3, -0.25) is 4.90 Å². The zero-order valence-corrected chi connectivity index (χ0v) is 22.0. The maximum Gasteiger partial charge on any atom is 0.351 e. The van der Waals surface area contributed by atoms with Gasteiger partial charge in [-0.15, -0.1) is 0 Å². The average molecular weight is 540 g/mol. The van der Waals surface area contributed by atoms with Crippen molar-refractivity contribution < 1.29 is 13.9 Å². The molecule has 11 nitrogen and oxygen atoms in total. The number of anilines is 1. The summed E-state index contributed by atoms with van der Waals surface area (Å²) in [7, 11) is 0. The molecule has 206 valence electrons. The molecule has 0 radical (unpaired) electrons. The Morgan fingerprint density at radius 3 is 2.38 bits per heavy atom. The number of aliphatic hydroxyl groups is 1. The normalized spacial score (nSPS) is 16.9. The predicted octanol–water partition coefficient (Wildman–Crippen LogP) is 1.98. The Morgan fingerprint density at radius 2 is 1.79 bits per heavy atom. The average Bonchev–Trinajstić information content (AvgIpc) is 3.57. The van der Waals surface area contributed by atoms with E-state index in [1.807, 2.05) is 26.8 Å². The number of hydrogen-bond acceptors (Lipinski definition) is 8. The van der Waals surface area contributed by atoms with Crippen molar-refractivity contribution in [2.75, 3.05) is 31.1 Å². The highest BCUT2D eigenvalue weighted by molar-refractivity contribution is 5.47. The Kier molecular flexibility index (Phi) is 7.28. The van der Waals surface area contributed by atoms with E-state index < -0.39 is 23.3 Å². The number of hydrogen-bond donors (Lipinski definition) is 1. The molecule has 1 aliphatic rings. The van der Waals surface area contributed by atoms with Gasteiger partial charge in [0.05, 0.1) is 24.5 Å². The number of pyridine rings is 1. The third kappa shape index (κ3) is 5.19. The van der Waals surface area contributed by atoms with Crippen LogP contribution in [-0.2, 0) is 12.1 Å². The first-order valence-corrected chi connectivity index (χ1v) is 12.8. The van der Waals surface area contributed by atoms with Crippen molar-refractivity contribution in [3.63, 3.8) is 0 Å². The Balaban J connectivity index is 1.31. The molecule has 1 N–H and O–H groups in total. The first-order chi connectivity index (χ1) is 18.7. The summed E-state index contributed by atoms with van der Waals surface area (Å²) >= 11 is 0. The van der Waals surface area contributed by atoms with E-state index in [4.69, 9.17) is 0 Å². The van der Waals surface area contributed by atoms with E-state index >= 15 is 0 Å². The molecule has 0 bridgehead atoms. The van der Waals surface area contributed by atoms with Crippen LogP contribution in [0.25, 0.3) is 5.82 Å². The molecule has 4 heterocycles. The van der Waals surface area contributed by atoms with E-state index in [0.29, 0.717) is 32.0 Å². The minimum Gasteiger partial charge on any atom is -0.381 e. The van der Waals surface area contributed by atoms with Crippen LogP contribution in [0.15, 0.2) is 60.3 Å². The minimum absolute atomic E-state index is 0.00477. The van der Waals surface area contributed by atoms with E-state index in [9.17, 15) is 18.7 Å². The number of piperazine rings is 1. The lowest BCUT2D eigenvalue weighted by molar-refractivity contribution is -0.0650. The Bertz CT molecular complexity index is 1460. The molecule has 0 saturated carbocycles. The molecule has 4 aromatic rings. The molecule has 1 aliphatic heterocycles. The summed E-state index contributed by atoms with van der Waals surface area (Å²) < 4.78 is 32.8. The van der Waals surface area contributed by atoms with Gasteiger partial charge in [0.25, 0.3) is 0 Å². The van der Waals surface area contributed by atoms with Crippen LogP contribution in [0, 0.1) is 11.6 Å². The van der Waals surface area contributed by atoms with Gasteiger partial charge in [-0.25, -0.2) is 37.5 Å². The minimum atomic E-state index is -1.69. The summed E-state index contributed by atoms with van der Waals surface area (Å²) in [5.41, 5.74) is -1.03. The highest BCUT2D eigenvalue weighted by Crippen LogP contribution is 2.33. The number of benzene rings is 1. The highest BCUT2D eigenvalue weighted by atomic mass is 19.1. The molecule has 0 spiro atoms. The molecule has 0 unspecified atom stereocenters. The van der Waals surface area contributed by atoms with Crippen LogP contribution in [0.3, 0.4) is 0 Å². The van der Waals surface area contributed by atoms with Gasteiger partial charge in [-0.1, -0.05) is 6.07 Å². The lowest BCUT2D eigenvalue weighted by Gasteiger charge is -2.45. The summed E-state index contributed by atoms with van der Waals surface area (Å²) in [6, 6.07) is 6.34. The van der Waals surface area contributed by atoms with Crippen molar-refractivity contribution >= 4 is 5.69 Å². The Hall–Kier alpha value is -3.97. The van der Waals surface area contributed by atoms with Crippen LogP contribution in [-0.4, -0.2) is 76.3 Å². The van der Waals surface area contributed by atoms with Crippen LogP contribution in [0.2, 0.25) is 0 Å². The molecule has 1 aromatic carbocycles. The smallest absolute Gasteiger partial charge is 0.351 e. The first-order valence-electron chi connectivity index (χ1n) is 12.8. The number of rotatable bonds is 8. The van der Waals surface area contributed by atoms with Gasteiger partial charge in [0.2, 0.25) is 0 Å². The standard InChI is InChI=1S/C26H31F2N9O2/c1-18(2)37-25(38)36(17-32-37)24-7-5-21(13-30-24)34-10-8-33(9-11-34)19(3)26(39,14-35-16-29-15-31-35)22-6-4-20(27)12-23(22)28/h4-7,12-13,15-19,39H,8-11,14H2,1-3H3/t19-,26-/m1/s1. The number of nitrogens with zero attached hydrogens (tertiary/aromatic N) is 9. The molecule has 39 heavy (non-hydrogen) atoms. The van der Waals surface area contributed by atoms with Gasteiger partial charge >= 0.3 is 5.69 Å². The quantitative estimate of drug-likeness (QED) is 0.362. The Labute approximate surface area is 224 Å². The zero-order chi connectivity index (χ0) is 27.7. The molecule has 5 rings (SSSR count). The maximum absolute atomic E-state index is 14.9. The van der Waals surface area contributed by atoms with E-state index in [0.717, 1.165) is 17.8 Å². The second-order valence-corrected chi connectivity index (χ2v) is 10.0. The maximum atomic E-state index is 14.9. The zero-order valence-electron chi connectivity index (χ0n) is 22.0. The van der Waals surface area contributed by atoms with Crippen LogP contribution >= 0.6 is 0 Å². The second-order valence-electron chi connectivity index (χ2n) is 10.0. The van der Waals surface area contributed by atoms with Gasteiger partial charge in [0.1, 0.15) is 42.0 Å². The lowest BCUT2D eigenvalue weighted by Crippen LogP contribution is -2.57. The predicted molar refractivity (Wildman–Crippen MR) is 140 cm³/mol. The fourth-order valence-electron chi connectivity index (χ4n) is 5.05. The molecular weight excluding hydrogens is 508 g/mol. The van der Waals surface area contributed by atoms with Crippen molar-refractivity contribution in [1.82, 2.24) is 39.0 Å². The third-order valence-electron chi connectivity index (χ3n) is 7.35. The third-order valence-corrected chi connectivity index (χ3v) is 7.35. The van der Waals surface area contributed by atoms with Crippen molar-refractivity contribution in [2.24, 2.45) is 0 Å². The van der Waals surface area contributed by atoms with Gasteiger partial charge in [-0.05, 0) is 39.0 Å². The number of halogens is 2. The van der Waals surface area contributed by atoms with E-state index in [2.05, 4.69) is 30.0 Å². The fourth-order valence-corrected chi connectivity index (χ4v) is 5.05. The van der Waals surface area contributed by atoms with Gasteiger partial charge in [-0.2, -0.15) is 10.2 Å². The monoisotopic (exact) mass is 539 g/mol. The molecule has 2 atom stereocenters. The molecule has 3 aromatic heterocycles. The fraction of sp³-hybridized carbons (Fsp3) is 0.423. The lowest BCUT2D eigenvalue weighted by atomic mass is 9.85. The summed E-state index contributed by atoms with van der Waals surface area (Å²) in [6.07, 6.45) is 5.99. The highest BCUT2D eigenvalue weighted by Gasteiger charge is 2.42. The first kappa shape index (κ1) is 26.6. The van der Waals surface area contributed by atoms with Crippen LogP contribution in [0.1, 0.15) is 32.4 Å².